The molecule has 0 radical (unpaired) electrons. The Morgan fingerprint density at radius 3 is 3.32 bits per heavy atom. The molecule has 2 rings (SSSR count). The van der Waals surface area contributed by atoms with E-state index in [0.717, 1.165) is 10.8 Å². The van der Waals surface area contributed by atoms with Gasteiger partial charge in [-0.2, -0.15) is 4.37 Å². The van der Waals surface area contributed by atoms with E-state index in [1.165, 1.54) is 18.3 Å². The zero-order valence-corrected chi connectivity index (χ0v) is 10.3. The Labute approximate surface area is 140 Å². The Kier molecular flexibility index (Phi) is 1.52. The average Bonchev–Trinajstić information content (AvgIpc) is 3.13. The molecule has 0 saturated carbocycles. The summed E-state index contributed by atoms with van der Waals surface area (Å²) in [6.45, 7) is -10.0. The minimum atomic E-state index is -4.10. The van der Waals surface area contributed by atoms with Gasteiger partial charge in [0.1, 0.15) is 11.1 Å². The molecule has 2 aromatic rings. The first-order valence-corrected chi connectivity index (χ1v) is 5.68. The van der Waals surface area contributed by atoms with Crippen molar-refractivity contribution in [3.8, 4) is 17.1 Å². The van der Waals surface area contributed by atoms with Gasteiger partial charge in [0.25, 0.3) is 5.88 Å². The minimum absolute atomic E-state index is 0.0702. The normalized spacial score (nSPS) is 28.2. The largest absolute Gasteiger partial charge is 0.475 e. The van der Waals surface area contributed by atoms with E-state index in [9.17, 15) is 0 Å². The number of aryl methyl sites for hydroxylation is 1. The summed E-state index contributed by atoms with van der Waals surface area (Å²) < 4.78 is 136. The minimum Gasteiger partial charge on any atom is -0.475 e. The van der Waals surface area contributed by atoms with Crippen LogP contribution in [0.2, 0.25) is 0 Å². The van der Waals surface area contributed by atoms with E-state index in [-0.39, 0.29) is 11.3 Å². The van der Waals surface area contributed by atoms with Gasteiger partial charge in [0.15, 0.2) is 18.1 Å². The van der Waals surface area contributed by atoms with Crippen molar-refractivity contribution in [2.45, 2.75) is 32.3 Å². The van der Waals surface area contributed by atoms with Crippen LogP contribution in [0.5, 0.6) is 5.88 Å². The molecule has 19 heavy (non-hydrogen) atoms. The lowest BCUT2D eigenvalue weighted by Crippen LogP contribution is -2.26. The molecule has 4 nitrogen and oxygen atoms in total. The van der Waals surface area contributed by atoms with E-state index in [0.29, 0.717) is 11.7 Å². The molecule has 2 heterocycles. The fourth-order valence-electron chi connectivity index (χ4n) is 1.20. The van der Waals surface area contributed by atoms with E-state index < -0.39 is 51.8 Å². The summed E-state index contributed by atoms with van der Waals surface area (Å²) in [5, 5.41) is 0. The second kappa shape index (κ2) is 7.19. The zero-order valence-electron chi connectivity index (χ0n) is 25.5. The van der Waals surface area contributed by atoms with Gasteiger partial charge in [0.2, 0.25) is 0 Å². The van der Waals surface area contributed by atoms with Gasteiger partial charge in [-0.3, -0.25) is 0 Å². The summed E-state index contributed by atoms with van der Waals surface area (Å²) in [4.78, 5) is 0. The van der Waals surface area contributed by atoms with Crippen molar-refractivity contribution in [2.75, 3.05) is 6.56 Å². The maximum atomic E-state index is 8.04. The van der Waals surface area contributed by atoms with E-state index in [4.69, 9.17) is 26.7 Å². The van der Waals surface area contributed by atoms with Crippen LogP contribution in [0.1, 0.15) is 54.3 Å². The molecule has 0 fully saturated rings. The molecular weight excluding hydrogens is 258 g/mol. The van der Waals surface area contributed by atoms with E-state index in [1.54, 1.807) is 0 Å². The predicted octanol–water partition coefficient (Wildman–Crippen LogP) is 2.99. The SMILES string of the molecule is [2H]C([2H])([2H])[n+]1cccc(-c2nsnc2OC([2H])([2H])C([2H])([2H])C([2H])([2H])C([2H])([2H])C([2H])([2H])C([2H])([2H])[2H])c1. The third kappa shape index (κ3) is 3.99. The summed E-state index contributed by atoms with van der Waals surface area (Å²) in [5.74, 6) is -0.678. The molecule has 0 bridgehead atoms. The average molecular weight is 294 g/mol. The lowest BCUT2D eigenvalue weighted by Gasteiger charge is -2.04. The molecule has 0 N–H and O–H groups in total. The molecule has 2 aromatic heterocycles. The molecule has 0 unspecified atom stereocenters. The van der Waals surface area contributed by atoms with Crippen molar-refractivity contribution in [1.82, 2.24) is 8.75 Å². The highest BCUT2D eigenvalue weighted by Crippen LogP contribution is 2.26. The van der Waals surface area contributed by atoms with Crippen LogP contribution in [0.25, 0.3) is 11.3 Å². The van der Waals surface area contributed by atoms with Gasteiger partial charge in [-0.25, -0.2) is 4.57 Å². The number of nitrogens with zero attached hydrogens (tertiary/aromatic N) is 3. The molecule has 0 amide bonds. The summed E-state index contributed by atoms with van der Waals surface area (Å²) in [5.41, 5.74) is -0.157. The number of pyridine rings is 1. The van der Waals surface area contributed by atoms with Crippen molar-refractivity contribution in [3.05, 3.63) is 24.5 Å². The maximum Gasteiger partial charge on any atom is 0.254 e. The number of aromatic nitrogens is 3. The van der Waals surface area contributed by atoms with Gasteiger partial charge in [-0.1, -0.05) is 26.0 Å². The monoisotopic (exact) mass is 294 g/mol. The van der Waals surface area contributed by atoms with Crippen molar-refractivity contribution in [3.63, 3.8) is 0 Å². The summed E-state index contributed by atoms with van der Waals surface area (Å²) >= 11 is 0.480. The molecule has 5 heteroatoms. The van der Waals surface area contributed by atoms with Gasteiger partial charge in [0, 0.05) is 21.1 Å². The van der Waals surface area contributed by atoms with Crippen molar-refractivity contribution in [2.24, 2.45) is 6.98 Å². The summed E-state index contributed by atoms with van der Waals surface area (Å²) in [6, 6.07) is 2.71. The Hall–Kier alpha value is -1.49. The highest BCUT2D eigenvalue weighted by Gasteiger charge is 2.14. The van der Waals surface area contributed by atoms with Crippen LogP contribution in [0.4, 0.5) is 0 Å². The molecule has 0 atom stereocenters. The molecule has 102 valence electrons. The summed E-state index contributed by atoms with van der Waals surface area (Å²) in [6.07, 6.45) is -13.7. The molecule has 0 aromatic carbocycles. The Balaban J connectivity index is 2.51. The fourth-order valence-corrected chi connectivity index (χ4v) is 1.70. The van der Waals surface area contributed by atoms with Crippen LogP contribution in [0.15, 0.2) is 24.5 Å². The number of rotatable bonds is 7. The first-order chi connectivity index (χ1) is 15.4. The van der Waals surface area contributed by atoms with E-state index in [2.05, 4.69) is 8.75 Å². The van der Waals surface area contributed by atoms with Crippen molar-refractivity contribution in [1.29, 1.82) is 0 Å². The second-order valence-corrected chi connectivity index (χ2v) is 3.65. The first kappa shape index (κ1) is 4.01. The Morgan fingerprint density at radius 1 is 1.42 bits per heavy atom. The molecule has 0 aliphatic heterocycles. The third-order valence-corrected chi connectivity index (χ3v) is 2.43. The molecule has 0 aliphatic carbocycles. The molecule has 0 spiro atoms. The number of hydrogen-bond acceptors (Lipinski definition) is 4. The van der Waals surface area contributed by atoms with Gasteiger partial charge in [-0.05, 0) is 12.4 Å². The van der Waals surface area contributed by atoms with Crippen LogP contribution >= 0.6 is 11.7 Å². The maximum absolute atomic E-state index is 8.04. The van der Waals surface area contributed by atoms with E-state index >= 15 is 0 Å². The van der Waals surface area contributed by atoms with Gasteiger partial charge in [-0.15, -0.1) is 4.37 Å². The molecular formula is C14H20N3OS+. The standard InChI is InChI=1S/C14H20N3OS/c1-3-4-5-6-10-18-14-13(15-19-16-14)12-8-7-9-17(2)11-12/h7-9,11H,3-6,10H2,1-2H3/q+1/i1D3,2D3,3D2,4D2,5D2,6D2,10D2. The van der Waals surface area contributed by atoms with Crippen molar-refractivity contribution >= 4 is 11.7 Å². The van der Waals surface area contributed by atoms with Crippen molar-refractivity contribution < 1.29 is 31.2 Å². The zero-order chi connectivity index (χ0) is 27.5. The van der Waals surface area contributed by atoms with Gasteiger partial charge >= 0.3 is 0 Å². The Bertz CT molecular complexity index is 1060. The lowest BCUT2D eigenvalue weighted by molar-refractivity contribution is -0.671. The quantitative estimate of drug-likeness (QED) is 0.737. The first-order valence-electron chi connectivity index (χ1n) is 13.0. The number of ether oxygens (including phenoxy) is 1. The topological polar surface area (TPSA) is 38.9 Å². The predicted molar refractivity (Wildman–Crippen MR) is 76.2 cm³/mol. The highest BCUT2D eigenvalue weighted by molar-refractivity contribution is 6.99. The van der Waals surface area contributed by atoms with Gasteiger partial charge < -0.3 is 4.74 Å². The third-order valence-electron chi connectivity index (χ3n) is 1.92. The fraction of sp³-hybridized carbons (Fsp3) is 0.500. The van der Waals surface area contributed by atoms with E-state index in [1.807, 2.05) is 0 Å². The van der Waals surface area contributed by atoms with Crippen LogP contribution in [0.3, 0.4) is 0 Å². The smallest absolute Gasteiger partial charge is 0.254 e. The molecule has 0 aliphatic rings. The van der Waals surface area contributed by atoms with Crippen LogP contribution in [0, 0.1) is 0 Å². The van der Waals surface area contributed by atoms with Crippen LogP contribution < -0.4 is 9.30 Å². The van der Waals surface area contributed by atoms with Gasteiger partial charge in [0.05, 0.1) is 26.6 Å². The van der Waals surface area contributed by atoms with Crippen LogP contribution in [-0.4, -0.2) is 15.3 Å². The molecule has 0 saturated heterocycles. The second-order valence-electron chi connectivity index (χ2n) is 3.12. The number of hydrogen-bond donors (Lipinski definition) is 0. The highest BCUT2D eigenvalue weighted by atomic mass is 32.1. The summed E-state index contributed by atoms with van der Waals surface area (Å²) in [7, 11) is 0. The van der Waals surface area contributed by atoms with Crippen LogP contribution in [-0.2, 0) is 6.98 Å². The lowest BCUT2D eigenvalue weighted by atomic mass is 10.2. The Morgan fingerprint density at radius 2 is 2.42 bits per heavy atom.